The molecule has 1 saturated carbocycles. The molecule has 0 radical (unpaired) electrons. The zero-order valence-electron chi connectivity index (χ0n) is 14.7. The highest BCUT2D eigenvalue weighted by atomic mass is 32.1. The van der Waals surface area contributed by atoms with E-state index in [1.54, 1.807) is 0 Å². The monoisotopic (exact) mass is 374 g/mol. The Balaban J connectivity index is 1.66. The number of benzene rings is 2. The van der Waals surface area contributed by atoms with Crippen LogP contribution in [0.1, 0.15) is 36.0 Å². The average Bonchev–Trinajstić information content (AvgIpc) is 3.38. The van der Waals surface area contributed by atoms with Crippen LogP contribution in [0.5, 0.6) is 0 Å². The highest BCUT2D eigenvalue weighted by Gasteiger charge is 2.21. The normalized spacial score (nSPS) is 14.8. The van der Waals surface area contributed by atoms with Gasteiger partial charge in [0.25, 0.3) is 5.91 Å². The molecule has 2 aromatic carbocycles. The lowest BCUT2D eigenvalue weighted by Crippen LogP contribution is -2.32. The fourth-order valence-electron chi connectivity index (χ4n) is 3.84. The molecule has 0 spiro atoms. The molecule has 0 bridgehead atoms. The molecular formula is C21H18N4OS. The number of fused-ring (bicyclic) bond motifs is 2. The minimum Gasteiger partial charge on any atom is -0.349 e. The van der Waals surface area contributed by atoms with Crippen LogP contribution in [0.15, 0.2) is 48.5 Å². The summed E-state index contributed by atoms with van der Waals surface area (Å²) in [5, 5.41) is 8.24. The largest absolute Gasteiger partial charge is 0.349 e. The van der Waals surface area contributed by atoms with Gasteiger partial charge in [-0.15, -0.1) is 5.10 Å². The van der Waals surface area contributed by atoms with Crippen LogP contribution in [0.4, 0.5) is 0 Å². The van der Waals surface area contributed by atoms with Crippen molar-refractivity contribution in [3.63, 3.8) is 0 Å². The van der Waals surface area contributed by atoms with Crippen molar-refractivity contribution in [1.82, 2.24) is 19.9 Å². The first-order valence-corrected chi connectivity index (χ1v) is 9.99. The van der Waals surface area contributed by atoms with Gasteiger partial charge in [0.15, 0.2) is 0 Å². The summed E-state index contributed by atoms with van der Waals surface area (Å²) in [7, 11) is 0. The summed E-state index contributed by atoms with van der Waals surface area (Å²) in [5.74, 6) is -0.0173. The Kier molecular flexibility index (Phi) is 4.05. The Morgan fingerprint density at radius 2 is 1.85 bits per heavy atom. The molecule has 5 rings (SSSR count). The van der Waals surface area contributed by atoms with E-state index >= 15 is 0 Å². The summed E-state index contributed by atoms with van der Waals surface area (Å²) in [5.41, 5.74) is 4.09. The van der Waals surface area contributed by atoms with Crippen LogP contribution in [0.3, 0.4) is 0 Å². The molecule has 2 aromatic heterocycles. The molecule has 5 nitrogen and oxygen atoms in total. The lowest BCUT2D eigenvalue weighted by atomic mass is 10.0. The van der Waals surface area contributed by atoms with Gasteiger partial charge in [-0.1, -0.05) is 47.7 Å². The first kappa shape index (κ1) is 16.3. The van der Waals surface area contributed by atoms with Gasteiger partial charge in [-0.3, -0.25) is 4.79 Å². The summed E-state index contributed by atoms with van der Waals surface area (Å²) < 4.78 is 5.05. The highest BCUT2D eigenvalue weighted by Crippen LogP contribution is 2.31. The van der Waals surface area contributed by atoms with Crippen molar-refractivity contribution >= 4 is 38.6 Å². The lowest BCUT2D eigenvalue weighted by Gasteiger charge is -2.14. The maximum Gasteiger partial charge on any atom is 0.252 e. The van der Waals surface area contributed by atoms with Gasteiger partial charge in [0.2, 0.25) is 0 Å². The van der Waals surface area contributed by atoms with Gasteiger partial charge in [0.05, 0.1) is 21.5 Å². The number of pyridine rings is 1. The number of rotatable bonds is 3. The first-order valence-electron chi connectivity index (χ1n) is 9.22. The summed E-state index contributed by atoms with van der Waals surface area (Å²) in [6, 6.07) is 15.9. The van der Waals surface area contributed by atoms with Crippen LogP contribution >= 0.6 is 11.5 Å². The van der Waals surface area contributed by atoms with Crippen LogP contribution in [0.25, 0.3) is 32.4 Å². The quantitative estimate of drug-likeness (QED) is 0.570. The molecule has 0 saturated heterocycles. The van der Waals surface area contributed by atoms with Gasteiger partial charge in [-0.25, -0.2) is 4.98 Å². The van der Waals surface area contributed by atoms with Gasteiger partial charge in [-0.05, 0) is 42.6 Å². The van der Waals surface area contributed by atoms with E-state index in [4.69, 9.17) is 4.98 Å². The van der Waals surface area contributed by atoms with Crippen molar-refractivity contribution in [1.29, 1.82) is 0 Å². The maximum absolute atomic E-state index is 13.1. The second kappa shape index (κ2) is 6.70. The molecule has 27 heavy (non-hydrogen) atoms. The van der Waals surface area contributed by atoms with Crippen molar-refractivity contribution < 1.29 is 4.79 Å². The predicted molar refractivity (Wildman–Crippen MR) is 108 cm³/mol. The number of nitrogens with one attached hydrogen (secondary N) is 1. The van der Waals surface area contributed by atoms with Crippen LogP contribution < -0.4 is 5.32 Å². The maximum atomic E-state index is 13.1. The summed E-state index contributed by atoms with van der Waals surface area (Å²) in [6.45, 7) is 0. The van der Waals surface area contributed by atoms with E-state index in [-0.39, 0.29) is 11.9 Å². The molecule has 134 valence electrons. The molecule has 6 heteroatoms. The molecule has 0 atom stereocenters. The van der Waals surface area contributed by atoms with Crippen molar-refractivity contribution in [2.45, 2.75) is 31.7 Å². The minimum absolute atomic E-state index is 0.0173. The third kappa shape index (κ3) is 2.96. The van der Waals surface area contributed by atoms with Gasteiger partial charge < -0.3 is 5.32 Å². The summed E-state index contributed by atoms with van der Waals surface area (Å²) in [6.07, 6.45) is 4.50. The van der Waals surface area contributed by atoms with E-state index in [0.717, 1.165) is 45.2 Å². The van der Waals surface area contributed by atoms with Crippen molar-refractivity contribution in [2.75, 3.05) is 0 Å². The molecule has 0 unspecified atom stereocenters. The van der Waals surface area contributed by atoms with E-state index in [2.05, 4.69) is 14.9 Å². The van der Waals surface area contributed by atoms with E-state index in [0.29, 0.717) is 5.56 Å². The predicted octanol–water partition coefficient (Wildman–Crippen LogP) is 4.58. The number of nitrogens with zero attached hydrogens (tertiary/aromatic N) is 3. The standard InChI is InChI=1S/C21H18N4OS/c26-21(22-13-6-1-2-7-13)16-12-19(23-17-10-4-3-8-14(16)17)15-9-5-11-18-20(15)27-25-24-18/h3-5,8-13H,1-2,6-7H2,(H,22,26). The third-order valence-corrected chi connectivity index (χ3v) is 5.98. The third-order valence-electron chi connectivity index (χ3n) is 5.20. The van der Waals surface area contributed by atoms with E-state index in [1.165, 1.54) is 24.4 Å². The van der Waals surface area contributed by atoms with Crippen molar-refractivity contribution in [3.05, 3.63) is 54.1 Å². The Labute approximate surface area is 160 Å². The van der Waals surface area contributed by atoms with Gasteiger partial charge in [-0.2, -0.15) is 0 Å². The smallest absolute Gasteiger partial charge is 0.252 e. The highest BCUT2D eigenvalue weighted by molar-refractivity contribution is 7.13. The van der Waals surface area contributed by atoms with E-state index in [9.17, 15) is 4.79 Å². The molecule has 2 heterocycles. The number of aromatic nitrogens is 3. The van der Waals surface area contributed by atoms with Crippen LogP contribution in [-0.2, 0) is 0 Å². The van der Waals surface area contributed by atoms with Gasteiger partial charge in [0, 0.05) is 17.0 Å². The number of para-hydroxylation sites is 1. The Morgan fingerprint density at radius 1 is 1.04 bits per heavy atom. The van der Waals surface area contributed by atoms with Crippen LogP contribution in [0, 0.1) is 0 Å². The lowest BCUT2D eigenvalue weighted by molar-refractivity contribution is 0.0939. The van der Waals surface area contributed by atoms with E-state index in [1.807, 2.05) is 48.5 Å². The van der Waals surface area contributed by atoms with Gasteiger partial charge >= 0.3 is 0 Å². The second-order valence-electron chi connectivity index (χ2n) is 6.95. The zero-order chi connectivity index (χ0) is 18.2. The number of carbonyl (C=O) groups excluding carboxylic acids is 1. The Bertz CT molecular complexity index is 1150. The fraction of sp³-hybridized carbons (Fsp3) is 0.238. The molecule has 1 N–H and O–H groups in total. The SMILES string of the molecule is O=C(NC1CCCC1)c1cc(-c2cccc3nnsc23)nc2ccccc12. The topological polar surface area (TPSA) is 67.8 Å². The molecule has 1 amide bonds. The Morgan fingerprint density at radius 3 is 2.74 bits per heavy atom. The summed E-state index contributed by atoms with van der Waals surface area (Å²) >= 11 is 1.35. The van der Waals surface area contributed by atoms with Crippen molar-refractivity contribution in [3.8, 4) is 11.3 Å². The average molecular weight is 374 g/mol. The number of hydrogen-bond acceptors (Lipinski definition) is 5. The van der Waals surface area contributed by atoms with E-state index < -0.39 is 0 Å². The fourth-order valence-corrected chi connectivity index (χ4v) is 4.52. The molecule has 1 aliphatic carbocycles. The molecular weight excluding hydrogens is 356 g/mol. The first-order chi connectivity index (χ1) is 13.3. The molecule has 1 aliphatic rings. The Hall–Kier alpha value is -2.86. The summed E-state index contributed by atoms with van der Waals surface area (Å²) in [4.78, 5) is 17.9. The number of amides is 1. The minimum atomic E-state index is -0.0173. The molecule has 1 fully saturated rings. The second-order valence-corrected chi connectivity index (χ2v) is 7.71. The zero-order valence-corrected chi connectivity index (χ0v) is 15.5. The number of hydrogen-bond donors (Lipinski definition) is 1. The van der Waals surface area contributed by atoms with Crippen LogP contribution in [-0.4, -0.2) is 26.5 Å². The number of carbonyl (C=O) groups is 1. The molecule has 0 aliphatic heterocycles. The molecule has 4 aromatic rings. The van der Waals surface area contributed by atoms with Gasteiger partial charge in [0.1, 0.15) is 5.52 Å². The van der Waals surface area contributed by atoms with Crippen molar-refractivity contribution in [2.24, 2.45) is 0 Å². The van der Waals surface area contributed by atoms with Crippen LogP contribution in [0.2, 0.25) is 0 Å².